The summed E-state index contributed by atoms with van der Waals surface area (Å²) in [6, 6.07) is 7.37. The number of benzene rings is 1. The Morgan fingerprint density at radius 1 is 1.28 bits per heavy atom. The van der Waals surface area contributed by atoms with Crippen LogP contribution in [0.3, 0.4) is 0 Å². The molecule has 25 heavy (non-hydrogen) atoms. The Kier molecular flexibility index (Phi) is 4.01. The SMILES string of the molecule is O=C1CCCN1c1ccccc1CC(=O)N1CC2CC1CCC2(F)F. The lowest BCUT2D eigenvalue weighted by atomic mass is 9.87. The van der Waals surface area contributed by atoms with Gasteiger partial charge in [-0.1, -0.05) is 18.2 Å². The molecule has 2 atom stereocenters. The van der Waals surface area contributed by atoms with Crippen LogP contribution in [-0.2, 0) is 16.0 Å². The summed E-state index contributed by atoms with van der Waals surface area (Å²) in [5.41, 5.74) is 1.59. The summed E-state index contributed by atoms with van der Waals surface area (Å²) < 4.78 is 27.8. The molecule has 2 unspecified atom stereocenters. The molecule has 3 aliphatic rings. The molecule has 134 valence electrons. The molecule has 1 aliphatic carbocycles. The molecule has 0 N–H and O–H groups in total. The average Bonchev–Trinajstić information content (AvgIpc) is 3.17. The van der Waals surface area contributed by atoms with Gasteiger partial charge in [-0.3, -0.25) is 9.59 Å². The number of para-hydroxylation sites is 1. The van der Waals surface area contributed by atoms with Crippen LogP contribution in [-0.4, -0.2) is 41.8 Å². The number of alkyl halides is 2. The van der Waals surface area contributed by atoms with Crippen LogP contribution < -0.4 is 4.90 Å². The quantitative estimate of drug-likeness (QED) is 0.843. The Bertz CT molecular complexity index is 706. The minimum atomic E-state index is -2.65. The van der Waals surface area contributed by atoms with Gasteiger partial charge < -0.3 is 9.80 Å². The van der Waals surface area contributed by atoms with Gasteiger partial charge in [-0.15, -0.1) is 0 Å². The molecule has 1 saturated carbocycles. The molecule has 2 saturated heterocycles. The predicted octanol–water partition coefficient (Wildman–Crippen LogP) is 3.00. The zero-order valence-electron chi connectivity index (χ0n) is 14.1. The smallest absolute Gasteiger partial charge is 0.252 e. The van der Waals surface area contributed by atoms with Gasteiger partial charge in [-0.2, -0.15) is 0 Å². The zero-order chi connectivity index (χ0) is 17.6. The molecule has 3 fully saturated rings. The van der Waals surface area contributed by atoms with E-state index in [0.717, 1.165) is 17.7 Å². The lowest BCUT2D eigenvalue weighted by Crippen LogP contribution is -2.36. The number of carbonyl (C=O) groups excluding carboxylic acids is 2. The van der Waals surface area contributed by atoms with Crippen LogP contribution in [0.1, 0.15) is 37.7 Å². The number of carbonyl (C=O) groups is 2. The molecule has 2 amide bonds. The van der Waals surface area contributed by atoms with E-state index < -0.39 is 11.8 Å². The number of fused-ring (bicyclic) bond motifs is 2. The molecule has 2 bridgehead atoms. The van der Waals surface area contributed by atoms with Crippen LogP contribution in [0.5, 0.6) is 0 Å². The highest BCUT2D eigenvalue weighted by atomic mass is 19.3. The second-order valence-electron chi connectivity index (χ2n) is 7.39. The molecule has 6 heteroatoms. The highest BCUT2D eigenvalue weighted by molar-refractivity contribution is 5.96. The van der Waals surface area contributed by atoms with Crippen molar-refractivity contribution in [3.63, 3.8) is 0 Å². The molecule has 0 radical (unpaired) electrons. The topological polar surface area (TPSA) is 40.6 Å². The molecule has 1 aromatic rings. The molecule has 0 aromatic heterocycles. The molecule has 1 aromatic carbocycles. The minimum absolute atomic E-state index is 0.0577. The van der Waals surface area contributed by atoms with Crippen molar-refractivity contribution in [2.24, 2.45) is 5.92 Å². The first kappa shape index (κ1) is 16.5. The normalized spacial score (nSPS) is 27.8. The Balaban J connectivity index is 1.52. The summed E-state index contributed by atoms with van der Waals surface area (Å²) in [4.78, 5) is 28.2. The minimum Gasteiger partial charge on any atom is -0.339 e. The van der Waals surface area contributed by atoms with Gasteiger partial charge in [0.25, 0.3) is 5.92 Å². The molecule has 2 heterocycles. The van der Waals surface area contributed by atoms with E-state index in [1.54, 1.807) is 9.80 Å². The van der Waals surface area contributed by atoms with Crippen molar-refractivity contribution >= 4 is 17.5 Å². The van der Waals surface area contributed by atoms with Gasteiger partial charge in [0.15, 0.2) is 0 Å². The average molecular weight is 348 g/mol. The second kappa shape index (κ2) is 6.07. The van der Waals surface area contributed by atoms with Crippen molar-refractivity contribution in [3.8, 4) is 0 Å². The van der Waals surface area contributed by atoms with Crippen LogP contribution in [0, 0.1) is 5.92 Å². The van der Waals surface area contributed by atoms with Crippen LogP contribution >= 0.6 is 0 Å². The number of hydrogen-bond acceptors (Lipinski definition) is 2. The van der Waals surface area contributed by atoms with Crippen LogP contribution in [0.15, 0.2) is 24.3 Å². The van der Waals surface area contributed by atoms with E-state index in [-0.39, 0.29) is 37.2 Å². The van der Waals surface area contributed by atoms with E-state index in [1.807, 2.05) is 24.3 Å². The Morgan fingerprint density at radius 3 is 2.80 bits per heavy atom. The monoisotopic (exact) mass is 348 g/mol. The Morgan fingerprint density at radius 2 is 2.08 bits per heavy atom. The Labute approximate surface area is 145 Å². The molecule has 4 rings (SSSR count). The van der Waals surface area contributed by atoms with Gasteiger partial charge in [-0.05, 0) is 30.9 Å². The van der Waals surface area contributed by atoms with E-state index in [0.29, 0.717) is 25.8 Å². The van der Waals surface area contributed by atoms with Gasteiger partial charge in [0.2, 0.25) is 11.8 Å². The van der Waals surface area contributed by atoms with Crippen molar-refractivity contribution in [2.75, 3.05) is 18.0 Å². The van der Waals surface area contributed by atoms with E-state index in [1.165, 1.54) is 0 Å². The fourth-order valence-corrected chi connectivity index (χ4v) is 4.46. The van der Waals surface area contributed by atoms with Gasteiger partial charge in [-0.25, -0.2) is 8.78 Å². The van der Waals surface area contributed by atoms with Gasteiger partial charge in [0.1, 0.15) is 0 Å². The summed E-state index contributed by atoms with van der Waals surface area (Å²) in [6.07, 6.45) is 2.19. The van der Waals surface area contributed by atoms with Gasteiger partial charge in [0, 0.05) is 43.6 Å². The van der Waals surface area contributed by atoms with Gasteiger partial charge >= 0.3 is 0 Å². The van der Waals surface area contributed by atoms with Crippen molar-refractivity contribution in [1.29, 1.82) is 0 Å². The summed E-state index contributed by atoms with van der Waals surface area (Å²) >= 11 is 0. The fourth-order valence-electron chi connectivity index (χ4n) is 4.46. The predicted molar refractivity (Wildman–Crippen MR) is 89.5 cm³/mol. The molecule has 4 nitrogen and oxygen atoms in total. The number of likely N-dealkylation sites (tertiary alicyclic amines) is 1. The first-order valence-electron chi connectivity index (χ1n) is 9.01. The van der Waals surface area contributed by atoms with Crippen molar-refractivity contribution in [2.45, 2.75) is 50.5 Å². The van der Waals surface area contributed by atoms with Crippen LogP contribution in [0.25, 0.3) is 0 Å². The third-order valence-corrected chi connectivity index (χ3v) is 5.84. The summed E-state index contributed by atoms with van der Waals surface area (Å²) in [5.74, 6) is -3.38. The van der Waals surface area contributed by atoms with Crippen LogP contribution in [0.2, 0.25) is 0 Å². The fraction of sp³-hybridized carbons (Fsp3) is 0.579. The third-order valence-electron chi connectivity index (χ3n) is 5.84. The van der Waals surface area contributed by atoms with E-state index in [9.17, 15) is 18.4 Å². The lowest BCUT2D eigenvalue weighted by Gasteiger charge is -2.28. The third kappa shape index (κ3) is 2.92. The maximum atomic E-state index is 13.9. The first-order valence-corrected chi connectivity index (χ1v) is 9.01. The standard InChI is InChI=1S/C19H22F2N2O2/c20-19(21)8-7-15-11-14(19)12-23(15)18(25)10-13-4-1-2-5-16(13)22-9-3-6-17(22)24/h1-2,4-5,14-15H,3,6-12H2. The summed E-state index contributed by atoms with van der Waals surface area (Å²) in [5, 5.41) is 0. The molecule has 0 spiro atoms. The summed E-state index contributed by atoms with van der Waals surface area (Å²) in [7, 11) is 0. The Hall–Kier alpha value is -1.98. The van der Waals surface area contributed by atoms with Crippen LogP contribution in [0.4, 0.5) is 14.5 Å². The highest BCUT2D eigenvalue weighted by Gasteiger charge is 2.52. The zero-order valence-corrected chi connectivity index (χ0v) is 14.1. The van der Waals surface area contributed by atoms with Gasteiger partial charge in [0.05, 0.1) is 6.42 Å². The number of nitrogens with zero attached hydrogens (tertiary/aromatic N) is 2. The number of hydrogen-bond donors (Lipinski definition) is 0. The molecular weight excluding hydrogens is 326 g/mol. The summed E-state index contributed by atoms with van der Waals surface area (Å²) in [6.45, 7) is 0.825. The van der Waals surface area contributed by atoms with E-state index >= 15 is 0 Å². The first-order chi connectivity index (χ1) is 12.0. The highest BCUT2D eigenvalue weighted by Crippen LogP contribution is 2.45. The number of halogens is 2. The number of amides is 2. The number of anilines is 1. The maximum Gasteiger partial charge on any atom is 0.252 e. The second-order valence-corrected chi connectivity index (χ2v) is 7.39. The van der Waals surface area contributed by atoms with Crippen molar-refractivity contribution < 1.29 is 18.4 Å². The molecular formula is C19H22F2N2O2. The molecule has 2 aliphatic heterocycles. The number of rotatable bonds is 3. The maximum absolute atomic E-state index is 13.9. The van der Waals surface area contributed by atoms with Crippen molar-refractivity contribution in [1.82, 2.24) is 4.90 Å². The van der Waals surface area contributed by atoms with E-state index in [2.05, 4.69) is 0 Å². The lowest BCUT2D eigenvalue weighted by molar-refractivity contribution is -0.131. The van der Waals surface area contributed by atoms with Crippen molar-refractivity contribution in [3.05, 3.63) is 29.8 Å². The van der Waals surface area contributed by atoms with E-state index in [4.69, 9.17) is 0 Å². The largest absolute Gasteiger partial charge is 0.339 e.